The molecule has 3 saturated heterocycles. The van der Waals surface area contributed by atoms with E-state index < -0.39 is 12.0 Å². The Bertz CT molecular complexity index is 1220. The summed E-state index contributed by atoms with van der Waals surface area (Å²) in [7, 11) is 1.34. The standard InChI is InChI=1S/C36H54N2O7/c1-21-32-28(45-36(21)14-5-6-16-37-36)19-26-24-10-9-22-18-23(13-15-34(22,2)25(24)20-29(39)35(26,32)3)44-31(41)12-11-30(40)38-17-7-8-27(38)33(42)43-4/h21-28,32,37H,5-20H2,1-4H3/t21-,22-,23-,24?,25?,26?,27-,28?,32?,34-,35+,36+/m0/s1. The normalized spacial score (nSPS) is 47.1. The first-order valence-corrected chi connectivity index (χ1v) is 18.0. The third-order valence-electron chi connectivity index (χ3n) is 14.5. The molecule has 7 fully saturated rings. The average Bonchev–Trinajstić information content (AvgIpc) is 3.70. The number of ether oxygens (including phenoxy) is 3. The van der Waals surface area contributed by atoms with E-state index in [-0.39, 0.29) is 53.5 Å². The number of Topliss-reactive ketones (excluding diaryl/α,β-unsaturated/α-hetero) is 1. The van der Waals surface area contributed by atoms with Crippen molar-refractivity contribution in [1.82, 2.24) is 10.2 Å². The van der Waals surface area contributed by atoms with Crippen LogP contribution in [0.3, 0.4) is 0 Å². The number of rotatable bonds is 5. The minimum absolute atomic E-state index is 0.0285. The maximum atomic E-state index is 14.3. The number of hydrogen-bond acceptors (Lipinski definition) is 8. The second-order valence-electron chi connectivity index (χ2n) is 16.2. The van der Waals surface area contributed by atoms with Crippen LogP contribution in [0.4, 0.5) is 0 Å². The van der Waals surface area contributed by atoms with Crippen LogP contribution in [0.25, 0.3) is 0 Å². The Morgan fingerprint density at radius 2 is 1.82 bits per heavy atom. The second-order valence-corrected chi connectivity index (χ2v) is 16.2. The number of hydrogen-bond donors (Lipinski definition) is 1. The van der Waals surface area contributed by atoms with E-state index in [1.807, 2.05) is 0 Å². The Labute approximate surface area is 268 Å². The number of carbonyl (C=O) groups excluding carboxylic acids is 4. The van der Waals surface area contributed by atoms with Crippen LogP contribution in [0, 0.1) is 46.3 Å². The Morgan fingerprint density at radius 3 is 2.58 bits per heavy atom. The largest absolute Gasteiger partial charge is 0.467 e. The molecule has 1 amide bonds. The summed E-state index contributed by atoms with van der Waals surface area (Å²) in [6, 6.07) is -0.542. The predicted octanol–water partition coefficient (Wildman–Crippen LogP) is 4.79. The maximum absolute atomic E-state index is 14.3. The van der Waals surface area contributed by atoms with E-state index in [1.165, 1.54) is 20.0 Å². The lowest BCUT2D eigenvalue weighted by molar-refractivity contribution is -0.170. The highest BCUT2D eigenvalue weighted by atomic mass is 16.5. The molecule has 4 aliphatic carbocycles. The van der Waals surface area contributed by atoms with Crippen molar-refractivity contribution >= 4 is 23.6 Å². The van der Waals surface area contributed by atoms with Gasteiger partial charge in [0.25, 0.3) is 0 Å². The third kappa shape index (κ3) is 4.91. The minimum Gasteiger partial charge on any atom is -0.467 e. The Morgan fingerprint density at radius 1 is 1.00 bits per heavy atom. The monoisotopic (exact) mass is 626 g/mol. The summed E-state index contributed by atoms with van der Waals surface area (Å²) in [6.07, 6.45) is 11.5. The number of likely N-dealkylation sites (tertiary alicyclic amines) is 1. The molecule has 12 atom stereocenters. The first-order chi connectivity index (χ1) is 21.5. The summed E-state index contributed by atoms with van der Waals surface area (Å²) >= 11 is 0. The lowest BCUT2D eigenvalue weighted by Gasteiger charge is -2.60. The lowest BCUT2D eigenvalue weighted by atomic mass is 9.44. The van der Waals surface area contributed by atoms with Crippen LogP contribution in [0.5, 0.6) is 0 Å². The third-order valence-corrected chi connectivity index (χ3v) is 14.5. The van der Waals surface area contributed by atoms with Crippen LogP contribution in [-0.2, 0) is 33.4 Å². The fourth-order valence-corrected chi connectivity index (χ4v) is 12.1. The van der Waals surface area contributed by atoms with Crippen molar-refractivity contribution in [1.29, 1.82) is 0 Å². The van der Waals surface area contributed by atoms with E-state index in [9.17, 15) is 19.2 Å². The SMILES string of the molecule is COC(=O)[C@@H]1CCCN1C(=O)CCC(=O)O[C@H]1CC[C@]2(C)C3CC(=O)[C@@]4(C)C(CC5O[C@]6(CCCCN6)[C@@H](C)C54)C3CC[C@H]2C1. The summed E-state index contributed by atoms with van der Waals surface area (Å²) in [5, 5.41) is 3.75. The van der Waals surface area contributed by atoms with Crippen molar-refractivity contribution < 1.29 is 33.4 Å². The van der Waals surface area contributed by atoms with Crippen LogP contribution < -0.4 is 5.32 Å². The van der Waals surface area contributed by atoms with Crippen molar-refractivity contribution in [3.63, 3.8) is 0 Å². The molecule has 5 unspecified atom stereocenters. The summed E-state index contributed by atoms with van der Waals surface area (Å²) in [4.78, 5) is 53.6. The molecule has 250 valence electrons. The van der Waals surface area contributed by atoms with E-state index in [0.717, 1.165) is 57.9 Å². The lowest BCUT2D eigenvalue weighted by Crippen LogP contribution is -2.59. The van der Waals surface area contributed by atoms with E-state index in [0.29, 0.717) is 60.7 Å². The molecule has 3 aliphatic heterocycles. The van der Waals surface area contributed by atoms with Crippen LogP contribution in [0.15, 0.2) is 0 Å². The fraction of sp³-hybridized carbons (Fsp3) is 0.889. The first-order valence-electron chi connectivity index (χ1n) is 18.0. The number of ketones is 1. The Kier molecular flexibility index (Phi) is 8.15. The zero-order valence-corrected chi connectivity index (χ0v) is 27.8. The molecule has 1 spiro atoms. The van der Waals surface area contributed by atoms with Gasteiger partial charge in [0, 0.05) is 36.6 Å². The minimum atomic E-state index is -0.542. The molecule has 7 rings (SSSR count). The van der Waals surface area contributed by atoms with Gasteiger partial charge in [-0.15, -0.1) is 0 Å². The number of nitrogens with one attached hydrogen (secondary N) is 1. The van der Waals surface area contributed by atoms with Crippen molar-refractivity contribution in [3.05, 3.63) is 0 Å². The number of esters is 2. The number of methoxy groups -OCH3 is 1. The van der Waals surface area contributed by atoms with Gasteiger partial charge in [-0.3, -0.25) is 19.7 Å². The van der Waals surface area contributed by atoms with Gasteiger partial charge in [0.2, 0.25) is 5.91 Å². The van der Waals surface area contributed by atoms with Gasteiger partial charge in [-0.05, 0) is 106 Å². The number of amides is 1. The molecule has 0 aromatic carbocycles. The van der Waals surface area contributed by atoms with Crippen LogP contribution in [-0.4, -0.2) is 72.7 Å². The van der Waals surface area contributed by atoms with Crippen molar-refractivity contribution in [2.24, 2.45) is 46.3 Å². The zero-order valence-electron chi connectivity index (χ0n) is 27.8. The molecule has 4 saturated carbocycles. The molecule has 9 nitrogen and oxygen atoms in total. The molecule has 0 bridgehead atoms. The van der Waals surface area contributed by atoms with Crippen molar-refractivity contribution in [2.75, 3.05) is 20.2 Å². The van der Waals surface area contributed by atoms with Crippen LogP contribution in [0.1, 0.15) is 111 Å². The van der Waals surface area contributed by atoms with Gasteiger partial charge in [-0.25, -0.2) is 4.79 Å². The highest BCUT2D eigenvalue weighted by Gasteiger charge is 2.71. The maximum Gasteiger partial charge on any atom is 0.328 e. The molecule has 45 heavy (non-hydrogen) atoms. The molecule has 0 radical (unpaired) electrons. The predicted molar refractivity (Wildman–Crippen MR) is 165 cm³/mol. The molecule has 3 heterocycles. The van der Waals surface area contributed by atoms with Gasteiger partial charge in [0.15, 0.2) is 0 Å². The number of nitrogens with zero attached hydrogens (tertiary/aromatic N) is 1. The molecule has 1 N–H and O–H groups in total. The average molecular weight is 627 g/mol. The van der Waals surface area contributed by atoms with Gasteiger partial charge in [-0.1, -0.05) is 20.8 Å². The Balaban J connectivity index is 0.964. The number of piperidine rings is 1. The smallest absolute Gasteiger partial charge is 0.328 e. The molecular formula is C36H54N2O7. The number of fused-ring (bicyclic) bond motifs is 7. The topological polar surface area (TPSA) is 111 Å². The van der Waals surface area contributed by atoms with Gasteiger partial charge in [-0.2, -0.15) is 0 Å². The molecule has 9 heteroatoms. The quantitative estimate of drug-likeness (QED) is 0.434. The Hall–Kier alpha value is -2.00. The van der Waals surface area contributed by atoms with E-state index in [2.05, 4.69) is 26.1 Å². The second kappa shape index (κ2) is 11.6. The van der Waals surface area contributed by atoms with Crippen LogP contribution in [0.2, 0.25) is 0 Å². The molecule has 7 aliphatic rings. The van der Waals surface area contributed by atoms with E-state index in [1.54, 1.807) is 4.90 Å². The highest BCUT2D eigenvalue weighted by Crippen LogP contribution is 2.70. The summed E-state index contributed by atoms with van der Waals surface area (Å²) in [6.45, 7) is 8.60. The van der Waals surface area contributed by atoms with E-state index in [4.69, 9.17) is 14.2 Å². The highest BCUT2D eigenvalue weighted by molar-refractivity contribution is 5.88. The molecular weight excluding hydrogens is 572 g/mol. The van der Waals surface area contributed by atoms with Gasteiger partial charge in [0.05, 0.1) is 19.6 Å². The van der Waals surface area contributed by atoms with Crippen molar-refractivity contribution in [2.45, 2.75) is 135 Å². The zero-order chi connectivity index (χ0) is 31.7. The fourth-order valence-electron chi connectivity index (χ4n) is 12.1. The van der Waals surface area contributed by atoms with E-state index >= 15 is 0 Å². The molecule has 0 aromatic rings. The summed E-state index contributed by atoms with van der Waals surface area (Å²) < 4.78 is 17.7. The first kappa shape index (κ1) is 31.6. The number of carbonyl (C=O) groups is 4. The summed E-state index contributed by atoms with van der Waals surface area (Å²) in [5.41, 5.74) is -0.466. The van der Waals surface area contributed by atoms with Crippen molar-refractivity contribution in [3.8, 4) is 0 Å². The van der Waals surface area contributed by atoms with Crippen LogP contribution >= 0.6 is 0 Å². The van der Waals surface area contributed by atoms with Gasteiger partial charge in [0.1, 0.15) is 23.7 Å². The van der Waals surface area contributed by atoms with Gasteiger partial charge >= 0.3 is 11.9 Å². The summed E-state index contributed by atoms with van der Waals surface area (Å²) in [5.74, 6) is 1.95. The molecule has 0 aromatic heterocycles. The van der Waals surface area contributed by atoms with Gasteiger partial charge < -0.3 is 19.1 Å².